The van der Waals surface area contributed by atoms with Gasteiger partial charge in [-0.05, 0) is 44.4 Å². The highest BCUT2D eigenvalue weighted by atomic mass is 15.2. The maximum Gasteiger partial charge on any atom is 0.355 e. The zero-order valence-corrected chi connectivity index (χ0v) is 12.4. The van der Waals surface area contributed by atoms with E-state index in [9.17, 15) is 0 Å². The van der Waals surface area contributed by atoms with Crippen LogP contribution < -0.4 is 11.1 Å². The summed E-state index contributed by atoms with van der Waals surface area (Å²) >= 11 is 0. The SMILES string of the molecule is Cc1cc(C)nc(NC(N)=[N+]2CCCc3ccccc32)n1. The Balaban J connectivity index is 1.96. The molecule has 0 saturated heterocycles. The molecule has 0 amide bonds. The molecule has 3 rings (SSSR count). The highest BCUT2D eigenvalue weighted by Gasteiger charge is 2.20. The third-order valence-electron chi connectivity index (χ3n) is 3.62. The molecule has 108 valence electrons. The Morgan fingerprint density at radius 2 is 1.90 bits per heavy atom. The standard InChI is InChI=1S/C16H19N5/c1-11-10-12(2)19-16(18-11)20-15(17)21-9-5-7-13-6-3-4-8-14(13)21/h3-4,6,8,10H,5,7,9H2,1-2H3,(H2,17,18,19,20)/p+1. The molecule has 0 radical (unpaired) electrons. The molecule has 0 atom stereocenters. The van der Waals surface area contributed by atoms with E-state index < -0.39 is 0 Å². The van der Waals surface area contributed by atoms with E-state index in [2.05, 4.69) is 38.1 Å². The first-order chi connectivity index (χ1) is 10.1. The summed E-state index contributed by atoms with van der Waals surface area (Å²) in [6.45, 7) is 4.80. The number of hydrogen-bond acceptors (Lipinski definition) is 2. The first kappa shape index (κ1) is 13.5. The van der Waals surface area contributed by atoms with Crippen molar-refractivity contribution in [1.29, 1.82) is 0 Å². The molecular weight excluding hydrogens is 262 g/mol. The molecule has 0 unspecified atom stereocenters. The highest BCUT2D eigenvalue weighted by Crippen LogP contribution is 2.24. The van der Waals surface area contributed by atoms with E-state index in [4.69, 9.17) is 5.73 Å². The molecule has 0 aliphatic carbocycles. The minimum absolute atomic E-state index is 0.549. The number of nitrogens with two attached hydrogens (primary N) is 1. The fraction of sp³-hybridized carbons (Fsp3) is 0.312. The van der Waals surface area contributed by atoms with E-state index in [1.54, 1.807) is 0 Å². The van der Waals surface area contributed by atoms with Crippen molar-refractivity contribution in [3.05, 3.63) is 47.3 Å². The van der Waals surface area contributed by atoms with Crippen LogP contribution in [0, 0.1) is 13.8 Å². The predicted octanol–water partition coefficient (Wildman–Crippen LogP) is 2.11. The van der Waals surface area contributed by atoms with Gasteiger partial charge >= 0.3 is 5.96 Å². The van der Waals surface area contributed by atoms with Gasteiger partial charge in [0.1, 0.15) is 5.69 Å². The van der Waals surface area contributed by atoms with E-state index in [0.29, 0.717) is 11.9 Å². The number of nitrogens with zero attached hydrogens (tertiary/aromatic N) is 3. The van der Waals surface area contributed by atoms with Gasteiger partial charge in [-0.15, -0.1) is 0 Å². The third kappa shape index (κ3) is 2.86. The number of nitrogens with one attached hydrogen (secondary N) is 1. The average Bonchev–Trinajstić information content (AvgIpc) is 2.45. The number of aromatic nitrogens is 2. The zero-order chi connectivity index (χ0) is 14.8. The number of rotatable bonds is 1. The summed E-state index contributed by atoms with van der Waals surface area (Å²) < 4.78 is 2.10. The molecule has 0 saturated carbocycles. The average molecular weight is 282 g/mol. The smallest absolute Gasteiger partial charge is 0.290 e. The van der Waals surface area contributed by atoms with Crippen LogP contribution in [0.1, 0.15) is 23.4 Å². The summed E-state index contributed by atoms with van der Waals surface area (Å²) in [5.74, 6) is 1.13. The second-order valence-corrected chi connectivity index (χ2v) is 5.37. The number of para-hydroxylation sites is 1. The molecule has 1 aliphatic rings. The van der Waals surface area contributed by atoms with Crippen molar-refractivity contribution in [2.75, 3.05) is 11.9 Å². The van der Waals surface area contributed by atoms with Gasteiger partial charge in [-0.3, -0.25) is 5.73 Å². The van der Waals surface area contributed by atoms with Gasteiger partial charge in [0.05, 0.1) is 6.54 Å². The summed E-state index contributed by atoms with van der Waals surface area (Å²) in [5.41, 5.74) is 10.6. The minimum Gasteiger partial charge on any atom is -0.290 e. The number of anilines is 1. The van der Waals surface area contributed by atoms with Crippen molar-refractivity contribution in [3.8, 4) is 0 Å². The largest absolute Gasteiger partial charge is 0.355 e. The molecule has 0 bridgehead atoms. The molecule has 21 heavy (non-hydrogen) atoms. The Morgan fingerprint density at radius 3 is 2.67 bits per heavy atom. The van der Waals surface area contributed by atoms with Crippen LogP contribution in [-0.2, 0) is 6.42 Å². The summed E-state index contributed by atoms with van der Waals surface area (Å²) in [6, 6.07) is 10.3. The first-order valence-electron chi connectivity index (χ1n) is 7.20. The van der Waals surface area contributed by atoms with Crippen LogP contribution in [0.3, 0.4) is 0 Å². The molecule has 5 nitrogen and oxygen atoms in total. The van der Waals surface area contributed by atoms with Gasteiger partial charge in [-0.1, -0.05) is 18.2 Å². The van der Waals surface area contributed by atoms with Gasteiger partial charge in [0, 0.05) is 11.4 Å². The summed E-state index contributed by atoms with van der Waals surface area (Å²) in [6.07, 6.45) is 2.19. The maximum absolute atomic E-state index is 6.25. The van der Waals surface area contributed by atoms with Gasteiger partial charge in [0.25, 0.3) is 5.95 Å². The van der Waals surface area contributed by atoms with Gasteiger partial charge in [-0.25, -0.2) is 19.9 Å². The van der Waals surface area contributed by atoms with E-state index in [0.717, 1.165) is 36.5 Å². The van der Waals surface area contributed by atoms with Gasteiger partial charge in [0.2, 0.25) is 0 Å². The van der Waals surface area contributed by atoms with Crippen molar-refractivity contribution in [3.63, 3.8) is 0 Å². The van der Waals surface area contributed by atoms with Crippen molar-refractivity contribution in [1.82, 2.24) is 9.97 Å². The Hall–Kier alpha value is -2.43. The van der Waals surface area contributed by atoms with Crippen LogP contribution >= 0.6 is 0 Å². The summed E-state index contributed by atoms with van der Waals surface area (Å²) in [7, 11) is 0. The normalized spacial score (nSPS) is 16.3. The van der Waals surface area contributed by atoms with Crippen LogP contribution in [0.25, 0.3) is 0 Å². The molecule has 2 heterocycles. The molecule has 5 heteroatoms. The Morgan fingerprint density at radius 1 is 1.19 bits per heavy atom. The Bertz CT molecular complexity index is 685. The second-order valence-electron chi connectivity index (χ2n) is 5.37. The van der Waals surface area contributed by atoms with Gasteiger partial charge < -0.3 is 0 Å². The number of fused-ring (bicyclic) bond motifs is 1. The molecule has 2 aromatic rings. The van der Waals surface area contributed by atoms with Crippen LogP contribution in [0.5, 0.6) is 0 Å². The lowest BCUT2D eigenvalue weighted by molar-refractivity contribution is -0.447. The second kappa shape index (κ2) is 5.52. The number of hydrogen-bond donors (Lipinski definition) is 2. The molecule has 0 spiro atoms. The van der Waals surface area contributed by atoms with Crippen LogP contribution in [0.4, 0.5) is 11.6 Å². The molecule has 1 aliphatic heterocycles. The van der Waals surface area contributed by atoms with Crippen molar-refractivity contribution >= 4 is 17.6 Å². The zero-order valence-electron chi connectivity index (χ0n) is 12.4. The van der Waals surface area contributed by atoms with E-state index in [-0.39, 0.29) is 0 Å². The van der Waals surface area contributed by atoms with E-state index in [1.807, 2.05) is 26.0 Å². The quantitative estimate of drug-likeness (QED) is 0.621. The molecule has 1 aromatic heterocycles. The topological polar surface area (TPSA) is 66.8 Å². The van der Waals surface area contributed by atoms with Crippen molar-refractivity contribution in [2.24, 2.45) is 5.73 Å². The van der Waals surface area contributed by atoms with Crippen molar-refractivity contribution in [2.45, 2.75) is 26.7 Å². The maximum atomic E-state index is 6.25. The fourth-order valence-corrected chi connectivity index (χ4v) is 2.75. The van der Waals surface area contributed by atoms with Crippen molar-refractivity contribution < 1.29 is 4.58 Å². The van der Waals surface area contributed by atoms with Gasteiger partial charge in [0.15, 0.2) is 0 Å². The van der Waals surface area contributed by atoms with Crippen LogP contribution in [0.2, 0.25) is 0 Å². The lowest BCUT2D eigenvalue weighted by atomic mass is 10.0. The molecule has 0 fully saturated rings. The first-order valence-corrected chi connectivity index (χ1v) is 7.20. The Kier molecular flexibility index (Phi) is 3.56. The lowest BCUT2D eigenvalue weighted by Crippen LogP contribution is -2.35. The number of aryl methyl sites for hydroxylation is 3. The third-order valence-corrected chi connectivity index (χ3v) is 3.62. The molecular formula is C16H20N5+. The monoisotopic (exact) mass is 282 g/mol. The lowest BCUT2D eigenvalue weighted by Gasteiger charge is -2.19. The highest BCUT2D eigenvalue weighted by molar-refractivity contribution is 5.87. The van der Waals surface area contributed by atoms with Crippen LogP contribution in [0.15, 0.2) is 30.3 Å². The van der Waals surface area contributed by atoms with E-state index in [1.165, 1.54) is 5.56 Å². The number of guanidine groups is 1. The van der Waals surface area contributed by atoms with E-state index >= 15 is 0 Å². The fourth-order valence-electron chi connectivity index (χ4n) is 2.75. The number of benzene rings is 1. The predicted molar refractivity (Wildman–Crippen MR) is 83.9 cm³/mol. The Labute approximate surface area is 124 Å². The summed E-state index contributed by atoms with van der Waals surface area (Å²) in [4.78, 5) is 8.75. The molecule has 3 N–H and O–H groups in total. The minimum atomic E-state index is 0.549. The summed E-state index contributed by atoms with van der Waals surface area (Å²) in [5, 5.41) is 3.13. The van der Waals surface area contributed by atoms with Crippen LogP contribution in [-0.4, -0.2) is 27.0 Å². The van der Waals surface area contributed by atoms with Gasteiger partial charge in [-0.2, -0.15) is 0 Å². The molecule has 1 aromatic carbocycles.